The van der Waals surface area contributed by atoms with Gasteiger partial charge in [-0.2, -0.15) is 0 Å². The van der Waals surface area contributed by atoms with Gasteiger partial charge in [0.25, 0.3) is 0 Å². The van der Waals surface area contributed by atoms with Gasteiger partial charge in [0, 0.05) is 49.6 Å². The van der Waals surface area contributed by atoms with Crippen LogP contribution in [0, 0.1) is 0 Å². The zero-order valence-electron chi connectivity index (χ0n) is 33.7. The Morgan fingerprint density at radius 3 is 1.15 bits per heavy atom. The van der Waals surface area contributed by atoms with Gasteiger partial charge in [0.1, 0.15) is 0 Å². The second-order valence-electron chi connectivity index (χ2n) is 15.8. The van der Waals surface area contributed by atoms with Crippen LogP contribution in [0.1, 0.15) is 0 Å². The second kappa shape index (κ2) is 14.7. The van der Waals surface area contributed by atoms with Gasteiger partial charge in [0.15, 0.2) is 5.82 Å². The summed E-state index contributed by atoms with van der Waals surface area (Å²) in [6.07, 6.45) is 0. The molecule has 0 radical (unpaired) electrons. The van der Waals surface area contributed by atoms with Crippen LogP contribution in [0.4, 0.5) is 0 Å². The summed E-state index contributed by atoms with van der Waals surface area (Å²) in [6, 6.07) is 82.2. The topological polar surface area (TPSA) is 35.6 Å². The minimum Gasteiger partial charge on any atom is -0.309 e. The molecular weight excluding hydrogens is 753 g/mol. The fraction of sp³-hybridized carbons (Fsp3) is 0. The predicted molar refractivity (Wildman–Crippen MR) is 258 cm³/mol. The first-order valence-electron chi connectivity index (χ1n) is 21.1. The lowest BCUT2D eigenvalue weighted by atomic mass is 10.0. The molecule has 12 aromatic rings. The quantitative estimate of drug-likeness (QED) is 0.161. The SMILES string of the molecule is c1ccc(-c2cccc(-n3c4ccccc4c4cc(-c5ccc6c(c5)c5ccccc5n6-c5cccc(-c6nc(-c7ccccc7)cc(-c7ccccc7)n6)c5)ccc43)c2)cc1. The molecule has 4 nitrogen and oxygen atoms in total. The maximum atomic E-state index is 5.15. The molecule has 3 heterocycles. The largest absolute Gasteiger partial charge is 0.309 e. The lowest BCUT2D eigenvalue weighted by molar-refractivity contribution is 1.16. The average Bonchev–Trinajstić information content (AvgIpc) is 3.87. The molecule has 12 rings (SSSR count). The molecule has 0 amide bonds. The minimum absolute atomic E-state index is 0.691. The van der Waals surface area contributed by atoms with Crippen molar-refractivity contribution < 1.29 is 0 Å². The van der Waals surface area contributed by atoms with E-state index in [1.165, 1.54) is 54.8 Å². The van der Waals surface area contributed by atoms with E-state index < -0.39 is 0 Å². The van der Waals surface area contributed by atoms with Gasteiger partial charge in [-0.15, -0.1) is 0 Å². The monoisotopic (exact) mass is 790 g/mol. The van der Waals surface area contributed by atoms with Crippen LogP contribution in [0.5, 0.6) is 0 Å². The minimum atomic E-state index is 0.691. The normalized spacial score (nSPS) is 11.5. The Bertz CT molecular complexity index is 3560. The van der Waals surface area contributed by atoms with Gasteiger partial charge in [-0.05, 0) is 89.0 Å². The van der Waals surface area contributed by atoms with Gasteiger partial charge in [-0.25, -0.2) is 9.97 Å². The van der Waals surface area contributed by atoms with Gasteiger partial charge in [0.2, 0.25) is 0 Å². The summed E-state index contributed by atoms with van der Waals surface area (Å²) in [6.45, 7) is 0. The summed E-state index contributed by atoms with van der Waals surface area (Å²) in [5.41, 5.74) is 16.5. The predicted octanol–water partition coefficient (Wildman–Crippen LogP) is 15.0. The average molecular weight is 791 g/mol. The molecule has 3 aromatic heterocycles. The molecule has 0 aliphatic rings. The molecule has 0 aliphatic heterocycles. The van der Waals surface area contributed by atoms with Gasteiger partial charge < -0.3 is 9.13 Å². The highest BCUT2D eigenvalue weighted by atomic mass is 15.0. The molecule has 9 aromatic carbocycles. The number of para-hydroxylation sites is 2. The lowest BCUT2D eigenvalue weighted by Gasteiger charge is -2.12. The van der Waals surface area contributed by atoms with E-state index in [1.807, 2.05) is 12.1 Å². The van der Waals surface area contributed by atoms with E-state index in [9.17, 15) is 0 Å². The molecule has 0 atom stereocenters. The zero-order chi connectivity index (χ0) is 41.0. The maximum absolute atomic E-state index is 5.15. The summed E-state index contributed by atoms with van der Waals surface area (Å²) in [5.74, 6) is 0.691. The van der Waals surface area contributed by atoms with Crippen molar-refractivity contribution in [3.05, 3.63) is 231 Å². The highest BCUT2D eigenvalue weighted by molar-refractivity contribution is 6.12. The molecule has 0 saturated heterocycles. The summed E-state index contributed by atoms with van der Waals surface area (Å²) >= 11 is 0. The van der Waals surface area contributed by atoms with E-state index in [0.717, 1.165) is 50.5 Å². The number of fused-ring (bicyclic) bond motifs is 6. The third-order valence-corrected chi connectivity index (χ3v) is 12.1. The Morgan fingerprint density at radius 2 is 0.629 bits per heavy atom. The number of nitrogens with zero attached hydrogens (tertiary/aromatic N) is 4. The van der Waals surface area contributed by atoms with Crippen molar-refractivity contribution >= 4 is 43.6 Å². The Labute approximate surface area is 359 Å². The first kappa shape index (κ1) is 35.6. The van der Waals surface area contributed by atoms with E-state index >= 15 is 0 Å². The fourth-order valence-corrected chi connectivity index (χ4v) is 9.19. The molecule has 0 unspecified atom stereocenters. The van der Waals surface area contributed by atoms with Crippen molar-refractivity contribution in [3.63, 3.8) is 0 Å². The molecule has 0 saturated carbocycles. The second-order valence-corrected chi connectivity index (χ2v) is 15.8. The molecule has 0 N–H and O–H groups in total. The lowest BCUT2D eigenvalue weighted by Crippen LogP contribution is -1.98. The Hall–Kier alpha value is -8.34. The van der Waals surface area contributed by atoms with Crippen molar-refractivity contribution in [2.24, 2.45) is 0 Å². The van der Waals surface area contributed by atoms with Crippen molar-refractivity contribution in [3.8, 4) is 67.5 Å². The summed E-state index contributed by atoms with van der Waals surface area (Å²) in [5, 5.41) is 4.88. The Morgan fingerprint density at radius 1 is 0.242 bits per heavy atom. The molecule has 290 valence electrons. The summed E-state index contributed by atoms with van der Waals surface area (Å²) in [4.78, 5) is 10.3. The van der Waals surface area contributed by atoms with E-state index in [-0.39, 0.29) is 0 Å². The first-order chi connectivity index (χ1) is 30.7. The van der Waals surface area contributed by atoms with Crippen LogP contribution in [-0.4, -0.2) is 19.1 Å². The third kappa shape index (κ3) is 6.08. The van der Waals surface area contributed by atoms with Gasteiger partial charge >= 0.3 is 0 Å². The summed E-state index contributed by atoms with van der Waals surface area (Å²) in [7, 11) is 0. The van der Waals surface area contributed by atoms with Crippen LogP contribution >= 0.6 is 0 Å². The van der Waals surface area contributed by atoms with E-state index in [2.05, 4.69) is 228 Å². The van der Waals surface area contributed by atoms with Crippen molar-refractivity contribution in [2.45, 2.75) is 0 Å². The first-order valence-corrected chi connectivity index (χ1v) is 21.1. The van der Waals surface area contributed by atoms with Crippen molar-refractivity contribution in [1.29, 1.82) is 0 Å². The maximum Gasteiger partial charge on any atom is 0.160 e. The molecular formula is C58H38N4. The van der Waals surface area contributed by atoms with Crippen LogP contribution in [0.3, 0.4) is 0 Å². The molecule has 4 heteroatoms. The zero-order valence-corrected chi connectivity index (χ0v) is 33.7. The highest BCUT2D eigenvalue weighted by Crippen LogP contribution is 2.39. The van der Waals surface area contributed by atoms with Crippen LogP contribution in [0.25, 0.3) is 111 Å². The fourth-order valence-electron chi connectivity index (χ4n) is 9.19. The Balaban J connectivity index is 0.970. The molecule has 0 bridgehead atoms. The van der Waals surface area contributed by atoms with Gasteiger partial charge in [0.05, 0.1) is 33.5 Å². The van der Waals surface area contributed by atoms with Crippen LogP contribution in [0.2, 0.25) is 0 Å². The van der Waals surface area contributed by atoms with Crippen LogP contribution in [0.15, 0.2) is 231 Å². The van der Waals surface area contributed by atoms with E-state index in [1.54, 1.807) is 0 Å². The number of hydrogen-bond acceptors (Lipinski definition) is 2. The highest BCUT2D eigenvalue weighted by Gasteiger charge is 2.18. The smallest absolute Gasteiger partial charge is 0.160 e. The van der Waals surface area contributed by atoms with Crippen molar-refractivity contribution in [2.75, 3.05) is 0 Å². The molecule has 0 spiro atoms. The number of aromatic nitrogens is 4. The molecule has 0 fully saturated rings. The standard InChI is InChI=1S/C58H38N4/c1-4-16-39(17-5-1)42-22-14-24-46(34-42)61-54-28-12-10-26-48(54)50-36-43(30-32-56(50)61)44-31-33-57-51(37-44)49-27-11-13-29-55(49)62(57)47-25-15-23-45(35-47)58-59-52(40-18-6-2-7-19-40)38-53(60-58)41-20-8-3-9-21-41/h1-38H. The van der Waals surface area contributed by atoms with Crippen LogP contribution in [-0.2, 0) is 0 Å². The van der Waals surface area contributed by atoms with Gasteiger partial charge in [-0.3, -0.25) is 0 Å². The summed E-state index contributed by atoms with van der Waals surface area (Å²) < 4.78 is 4.77. The number of benzene rings is 9. The van der Waals surface area contributed by atoms with Crippen LogP contribution < -0.4 is 0 Å². The van der Waals surface area contributed by atoms with E-state index in [4.69, 9.17) is 9.97 Å². The third-order valence-electron chi connectivity index (χ3n) is 12.1. The number of hydrogen-bond donors (Lipinski definition) is 0. The van der Waals surface area contributed by atoms with E-state index in [0.29, 0.717) is 5.82 Å². The van der Waals surface area contributed by atoms with Crippen molar-refractivity contribution in [1.82, 2.24) is 19.1 Å². The molecule has 62 heavy (non-hydrogen) atoms. The molecule has 0 aliphatic carbocycles. The Kier molecular flexibility index (Phi) is 8.46. The number of rotatable bonds is 7. The van der Waals surface area contributed by atoms with Gasteiger partial charge in [-0.1, -0.05) is 164 Å².